The number of likely N-dealkylation sites (N-methyl/N-ethyl adjacent to an activating group) is 1. The third-order valence-electron chi connectivity index (χ3n) is 4.05. The van der Waals surface area contributed by atoms with E-state index in [1.807, 2.05) is 0 Å². The Balaban J connectivity index is 1.99. The molecule has 5 nitrogen and oxygen atoms in total. The highest BCUT2D eigenvalue weighted by Crippen LogP contribution is 2.34. The summed E-state index contributed by atoms with van der Waals surface area (Å²) < 4.78 is 66.2. The predicted molar refractivity (Wildman–Crippen MR) is 96.3 cm³/mol. The lowest BCUT2D eigenvalue weighted by atomic mass is 10.1. The number of anilines is 2. The Bertz CT molecular complexity index is 866. The number of hydrogen-bond donors (Lipinski definition) is 3. The molecule has 0 saturated carbocycles. The van der Waals surface area contributed by atoms with Gasteiger partial charge in [0.2, 0.25) is 0 Å². The van der Waals surface area contributed by atoms with Gasteiger partial charge in [0.05, 0.1) is 17.8 Å². The van der Waals surface area contributed by atoms with Gasteiger partial charge in [0, 0.05) is 0 Å². The molecule has 0 heterocycles. The first-order valence-electron chi connectivity index (χ1n) is 8.65. The van der Waals surface area contributed by atoms with E-state index in [-0.39, 0.29) is 19.6 Å². The number of para-hydroxylation sites is 2. The van der Waals surface area contributed by atoms with Crippen LogP contribution in [0.3, 0.4) is 0 Å². The highest BCUT2D eigenvalue weighted by Gasteiger charge is 2.33. The van der Waals surface area contributed by atoms with Crippen LogP contribution in [0.5, 0.6) is 0 Å². The van der Waals surface area contributed by atoms with Crippen LogP contribution in [0.1, 0.15) is 12.5 Å². The lowest BCUT2D eigenvalue weighted by Gasteiger charge is -2.18. The van der Waals surface area contributed by atoms with E-state index in [1.54, 1.807) is 6.92 Å². The zero-order valence-electron chi connectivity index (χ0n) is 15.4. The fraction of sp³-hybridized carbons (Fsp3) is 0.263. The minimum absolute atomic E-state index is 0.279. The number of amides is 2. The van der Waals surface area contributed by atoms with E-state index in [9.17, 15) is 31.5 Å². The van der Waals surface area contributed by atoms with E-state index < -0.39 is 46.6 Å². The normalized spacial score (nSPS) is 12.3. The Morgan fingerprint density at radius 2 is 1.45 bits per heavy atom. The molecule has 0 aliphatic rings. The SMILES string of the molecule is CC[NH+](CC(=O)Nc1ccccc1C(F)(F)F)CC(=O)Nc1c(F)cccc1F. The molecular formula is C19H19F5N3O2+. The Morgan fingerprint density at radius 1 is 0.897 bits per heavy atom. The maximum atomic E-state index is 13.6. The minimum atomic E-state index is -4.63. The molecule has 0 radical (unpaired) electrons. The van der Waals surface area contributed by atoms with Gasteiger partial charge in [-0.25, -0.2) is 8.78 Å². The third-order valence-corrected chi connectivity index (χ3v) is 4.05. The monoisotopic (exact) mass is 416 g/mol. The highest BCUT2D eigenvalue weighted by molar-refractivity contribution is 5.93. The van der Waals surface area contributed by atoms with Crippen LogP contribution in [0.25, 0.3) is 0 Å². The van der Waals surface area contributed by atoms with Gasteiger partial charge in [-0.1, -0.05) is 18.2 Å². The molecule has 10 heteroatoms. The number of alkyl halides is 3. The summed E-state index contributed by atoms with van der Waals surface area (Å²) in [6.07, 6.45) is -4.63. The summed E-state index contributed by atoms with van der Waals surface area (Å²) in [5, 5.41) is 4.30. The van der Waals surface area contributed by atoms with Crippen LogP contribution in [0, 0.1) is 11.6 Å². The smallest absolute Gasteiger partial charge is 0.321 e. The summed E-state index contributed by atoms with van der Waals surface area (Å²) in [6.45, 7) is 1.32. The number of benzene rings is 2. The summed E-state index contributed by atoms with van der Waals surface area (Å²) in [5.74, 6) is -3.37. The van der Waals surface area contributed by atoms with Crippen LogP contribution in [0.15, 0.2) is 42.5 Å². The molecule has 0 aliphatic heterocycles. The molecule has 0 spiro atoms. The van der Waals surface area contributed by atoms with Crippen molar-refractivity contribution in [2.24, 2.45) is 0 Å². The van der Waals surface area contributed by atoms with Crippen LogP contribution < -0.4 is 15.5 Å². The Morgan fingerprint density at radius 3 is 2.00 bits per heavy atom. The first kappa shape index (κ1) is 22.3. The fourth-order valence-corrected chi connectivity index (χ4v) is 2.60. The maximum absolute atomic E-state index is 13.6. The lowest BCUT2D eigenvalue weighted by molar-refractivity contribution is -0.881. The number of nitrogens with one attached hydrogen (secondary N) is 3. The number of quaternary nitrogens is 1. The van der Waals surface area contributed by atoms with Gasteiger partial charge in [0.15, 0.2) is 13.1 Å². The van der Waals surface area contributed by atoms with Crippen LogP contribution in [0.4, 0.5) is 33.3 Å². The average Bonchev–Trinajstić information content (AvgIpc) is 2.64. The Kier molecular flexibility index (Phi) is 7.27. The summed E-state index contributed by atoms with van der Waals surface area (Å²) in [7, 11) is 0. The molecule has 29 heavy (non-hydrogen) atoms. The van der Waals surface area contributed by atoms with E-state index in [2.05, 4.69) is 10.6 Å². The molecule has 2 aromatic rings. The molecule has 0 fully saturated rings. The van der Waals surface area contributed by atoms with Crippen molar-refractivity contribution in [3.63, 3.8) is 0 Å². The van der Waals surface area contributed by atoms with Crippen molar-refractivity contribution in [2.45, 2.75) is 13.1 Å². The first-order valence-corrected chi connectivity index (χ1v) is 8.65. The molecule has 0 aliphatic carbocycles. The van der Waals surface area contributed by atoms with Crippen molar-refractivity contribution in [3.8, 4) is 0 Å². The number of carbonyl (C=O) groups is 2. The van der Waals surface area contributed by atoms with Gasteiger partial charge in [0.25, 0.3) is 11.8 Å². The molecule has 3 N–H and O–H groups in total. The van der Waals surface area contributed by atoms with E-state index in [4.69, 9.17) is 0 Å². The van der Waals surface area contributed by atoms with Gasteiger partial charge in [0.1, 0.15) is 17.3 Å². The van der Waals surface area contributed by atoms with Crippen molar-refractivity contribution in [1.29, 1.82) is 0 Å². The fourth-order valence-electron chi connectivity index (χ4n) is 2.60. The van der Waals surface area contributed by atoms with E-state index in [0.29, 0.717) is 4.90 Å². The van der Waals surface area contributed by atoms with Crippen molar-refractivity contribution >= 4 is 23.2 Å². The average molecular weight is 416 g/mol. The second-order valence-corrected chi connectivity index (χ2v) is 6.19. The van der Waals surface area contributed by atoms with E-state index in [1.165, 1.54) is 12.1 Å². The van der Waals surface area contributed by atoms with Gasteiger partial charge in [-0.2, -0.15) is 13.2 Å². The molecular weight excluding hydrogens is 397 g/mol. The number of hydrogen-bond acceptors (Lipinski definition) is 2. The molecule has 2 aromatic carbocycles. The molecule has 156 valence electrons. The van der Waals surface area contributed by atoms with Crippen LogP contribution >= 0.6 is 0 Å². The van der Waals surface area contributed by atoms with Crippen molar-refractivity contribution in [1.82, 2.24) is 0 Å². The molecule has 1 unspecified atom stereocenters. The van der Waals surface area contributed by atoms with E-state index in [0.717, 1.165) is 30.3 Å². The summed E-state index contributed by atoms with van der Waals surface area (Å²) in [6, 6.07) is 7.63. The summed E-state index contributed by atoms with van der Waals surface area (Å²) in [5.41, 5.74) is -1.98. The minimum Gasteiger partial charge on any atom is -0.321 e. The molecule has 0 bridgehead atoms. The van der Waals surface area contributed by atoms with Crippen molar-refractivity contribution in [3.05, 3.63) is 59.7 Å². The zero-order chi connectivity index (χ0) is 21.6. The number of halogens is 5. The summed E-state index contributed by atoms with van der Waals surface area (Å²) >= 11 is 0. The van der Waals surface area contributed by atoms with Gasteiger partial charge in [-0.15, -0.1) is 0 Å². The molecule has 0 saturated heterocycles. The van der Waals surface area contributed by atoms with Gasteiger partial charge in [-0.05, 0) is 31.2 Å². The second kappa shape index (κ2) is 9.46. The largest absolute Gasteiger partial charge is 0.418 e. The Labute approximate surface area is 163 Å². The molecule has 0 aromatic heterocycles. The second-order valence-electron chi connectivity index (χ2n) is 6.19. The standard InChI is InChI=1S/C19H18F5N3O2/c1-2-27(11-17(29)26-18-13(20)7-5-8-14(18)21)10-16(28)25-15-9-4-3-6-12(15)19(22,23)24/h3-9H,2,10-11H2,1H3,(H,25,28)(H,26,29)/p+1. The van der Waals surface area contributed by atoms with Crippen LogP contribution in [-0.2, 0) is 15.8 Å². The van der Waals surface area contributed by atoms with Gasteiger partial charge < -0.3 is 15.5 Å². The quantitative estimate of drug-likeness (QED) is 0.608. The first-order chi connectivity index (χ1) is 13.6. The van der Waals surface area contributed by atoms with Crippen molar-refractivity contribution < 1.29 is 36.4 Å². The third kappa shape index (κ3) is 6.24. The molecule has 1 atom stereocenters. The number of rotatable bonds is 7. The highest BCUT2D eigenvalue weighted by atomic mass is 19.4. The Hall–Kier alpha value is -3.01. The topological polar surface area (TPSA) is 62.6 Å². The van der Waals surface area contributed by atoms with Gasteiger partial charge >= 0.3 is 6.18 Å². The summed E-state index contributed by atoms with van der Waals surface area (Å²) in [4.78, 5) is 24.6. The van der Waals surface area contributed by atoms with Gasteiger partial charge in [-0.3, -0.25) is 9.59 Å². The van der Waals surface area contributed by atoms with E-state index >= 15 is 0 Å². The van der Waals surface area contributed by atoms with Crippen molar-refractivity contribution in [2.75, 3.05) is 30.3 Å². The predicted octanol–water partition coefficient (Wildman–Crippen LogP) is 2.47. The molecule has 2 amide bonds. The molecule has 2 rings (SSSR count). The maximum Gasteiger partial charge on any atom is 0.418 e. The number of carbonyl (C=O) groups excluding carboxylic acids is 2. The van der Waals surface area contributed by atoms with Crippen LogP contribution in [-0.4, -0.2) is 31.4 Å². The van der Waals surface area contributed by atoms with Crippen LogP contribution in [0.2, 0.25) is 0 Å². The zero-order valence-corrected chi connectivity index (χ0v) is 15.4. The lowest BCUT2D eigenvalue weighted by Crippen LogP contribution is -3.13.